The van der Waals surface area contributed by atoms with Gasteiger partial charge in [0.1, 0.15) is 17.3 Å². The molecule has 3 aromatic rings. The molecule has 0 radical (unpaired) electrons. The number of H-pyrrole nitrogens is 1. The van der Waals surface area contributed by atoms with Crippen molar-refractivity contribution in [2.45, 2.75) is 19.3 Å². The normalized spacial score (nSPS) is 10.5. The van der Waals surface area contributed by atoms with Crippen molar-refractivity contribution in [2.24, 2.45) is 0 Å². The number of ether oxygens (including phenoxy) is 2. The van der Waals surface area contributed by atoms with Crippen molar-refractivity contribution in [3.8, 4) is 22.9 Å². The van der Waals surface area contributed by atoms with Gasteiger partial charge in [0.05, 0.1) is 14.2 Å². The number of benzene rings is 2. The maximum atomic E-state index is 12.0. The lowest BCUT2D eigenvalue weighted by Crippen LogP contribution is -2.26. The van der Waals surface area contributed by atoms with Crippen LogP contribution in [0.3, 0.4) is 0 Å². The minimum absolute atomic E-state index is 0.0192. The van der Waals surface area contributed by atoms with Gasteiger partial charge in [0, 0.05) is 24.9 Å². The SMILES string of the molecule is COc1ccc(CCC(=O)NCCc2nc(-c3ccc(OC)cc3)n[nH]2)cc1. The number of aromatic nitrogens is 3. The summed E-state index contributed by atoms with van der Waals surface area (Å²) < 4.78 is 10.3. The Balaban J connectivity index is 1.41. The van der Waals surface area contributed by atoms with Gasteiger partial charge in [-0.2, -0.15) is 5.10 Å². The van der Waals surface area contributed by atoms with E-state index in [2.05, 4.69) is 20.5 Å². The molecule has 0 saturated carbocycles. The second-order valence-corrected chi connectivity index (χ2v) is 6.28. The van der Waals surface area contributed by atoms with Crippen molar-refractivity contribution >= 4 is 5.91 Å². The van der Waals surface area contributed by atoms with E-state index >= 15 is 0 Å². The van der Waals surface area contributed by atoms with Crippen LogP contribution in [-0.2, 0) is 17.6 Å². The second-order valence-electron chi connectivity index (χ2n) is 6.28. The zero-order valence-corrected chi connectivity index (χ0v) is 16.1. The van der Waals surface area contributed by atoms with Crippen molar-refractivity contribution < 1.29 is 14.3 Å². The van der Waals surface area contributed by atoms with Gasteiger partial charge < -0.3 is 14.8 Å². The van der Waals surface area contributed by atoms with Crippen LogP contribution in [-0.4, -0.2) is 41.9 Å². The fourth-order valence-corrected chi connectivity index (χ4v) is 2.74. The Morgan fingerprint density at radius 1 is 0.964 bits per heavy atom. The number of hydrogen-bond donors (Lipinski definition) is 2. The zero-order chi connectivity index (χ0) is 19.8. The Bertz CT molecular complexity index is 889. The second kappa shape index (κ2) is 9.55. The molecule has 0 aliphatic heterocycles. The monoisotopic (exact) mass is 380 g/mol. The number of nitrogens with one attached hydrogen (secondary N) is 2. The van der Waals surface area contributed by atoms with Crippen LogP contribution in [0.25, 0.3) is 11.4 Å². The molecule has 2 N–H and O–H groups in total. The molecule has 146 valence electrons. The van der Waals surface area contributed by atoms with E-state index in [-0.39, 0.29) is 5.91 Å². The Kier molecular flexibility index (Phi) is 6.62. The lowest BCUT2D eigenvalue weighted by Gasteiger charge is -2.05. The van der Waals surface area contributed by atoms with Crippen LogP contribution < -0.4 is 14.8 Å². The highest BCUT2D eigenvalue weighted by Crippen LogP contribution is 2.19. The van der Waals surface area contributed by atoms with Crippen molar-refractivity contribution in [1.29, 1.82) is 0 Å². The zero-order valence-electron chi connectivity index (χ0n) is 16.1. The van der Waals surface area contributed by atoms with Crippen LogP contribution >= 0.6 is 0 Å². The number of amides is 1. The van der Waals surface area contributed by atoms with Gasteiger partial charge in [0.2, 0.25) is 5.91 Å². The molecular weight excluding hydrogens is 356 g/mol. The summed E-state index contributed by atoms with van der Waals surface area (Å²) in [4.78, 5) is 16.5. The van der Waals surface area contributed by atoms with E-state index in [0.717, 1.165) is 28.5 Å². The van der Waals surface area contributed by atoms with Gasteiger partial charge in [-0.15, -0.1) is 0 Å². The minimum Gasteiger partial charge on any atom is -0.497 e. The van der Waals surface area contributed by atoms with Gasteiger partial charge >= 0.3 is 0 Å². The predicted molar refractivity (Wildman–Crippen MR) is 106 cm³/mol. The summed E-state index contributed by atoms with van der Waals surface area (Å²) in [6, 6.07) is 15.3. The molecule has 0 bridgehead atoms. The molecule has 2 aromatic carbocycles. The van der Waals surface area contributed by atoms with E-state index in [1.54, 1.807) is 14.2 Å². The van der Waals surface area contributed by atoms with E-state index in [4.69, 9.17) is 9.47 Å². The lowest BCUT2D eigenvalue weighted by atomic mass is 10.1. The summed E-state index contributed by atoms with van der Waals surface area (Å²) in [5.41, 5.74) is 2.02. The molecule has 0 fully saturated rings. The quantitative estimate of drug-likeness (QED) is 0.596. The Hall–Kier alpha value is -3.35. The van der Waals surface area contributed by atoms with Gasteiger partial charge in [-0.1, -0.05) is 12.1 Å². The van der Waals surface area contributed by atoms with Crippen LogP contribution in [0.4, 0.5) is 0 Å². The molecule has 0 unspecified atom stereocenters. The largest absolute Gasteiger partial charge is 0.497 e. The summed E-state index contributed by atoms with van der Waals surface area (Å²) in [5, 5.41) is 10.1. The van der Waals surface area contributed by atoms with Crippen molar-refractivity contribution in [2.75, 3.05) is 20.8 Å². The summed E-state index contributed by atoms with van der Waals surface area (Å²) in [7, 11) is 3.27. The number of methoxy groups -OCH3 is 2. The maximum Gasteiger partial charge on any atom is 0.220 e. The summed E-state index contributed by atoms with van der Waals surface area (Å²) in [5.74, 6) is 2.99. The fraction of sp³-hybridized carbons (Fsp3) is 0.286. The molecule has 7 heteroatoms. The van der Waals surface area contributed by atoms with Gasteiger partial charge in [-0.25, -0.2) is 4.98 Å². The molecule has 0 aliphatic carbocycles. The summed E-state index contributed by atoms with van der Waals surface area (Å²) in [6.45, 7) is 0.513. The topological polar surface area (TPSA) is 89.1 Å². The first-order valence-corrected chi connectivity index (χ1v) is 9.13. The van der Waals surface area contributed by atoms with Crippen molar-refractivity contribution in [3.05, 3.63) is 59.9 Å². The van der Waals surface area contributed by atoms with Crippen molar-refractivity contribution in [1.82, 2.24) is 20.5 Å². The molecule has 7 nitrogen and oxygen atoms in total. The number of rotatable bonds is 9. The molecular formula is C21H24N4O3. The van der Waals surface area contributed by atoms with Crippen LogP contribution in [0.5, 0.6) is 11.5 Å². The fourth-order valence-electron chi connectivity index (χ4n) is 2.74. The first-order valence-electron chi connectivity index (χ1n) is 9.13. The highest BCUT2D eigenvalue weighted by Gasteiger charge is 2.07. The van der Waals surface area contributed by atoms with Gasteiger partial charge in [-0.05, 0) is 48.4 Å². The summed E-state index contributed by atoms with van der Waals surface area (Å²) >= 11 is 0. The number of carbonyl (C=O) groups excluding carboxylic acids is 1. The molecule has 0 spiro atoms. The average Bonchev–Trinajstić information content (AvgIpc) is 3.21. The maximum absolute atomic E-state index is 12.0. The Morgan fingerprint density at radius 2 is 1.61 bits per heavy atom. The first-order chi connectivity index (χ1) is 13.7. The molecule has 28 heavy (non-hydrogen) atoms. The average molecular weight is 380 g/mol. The number of aryl methyl sites for hydroxylation is 1. The lowest BCUT2D eigenvalue weighted by molar-refractivity contribution is -0.121. The molecule has 0 atom stereocenters. The molecule has 1 amide bonds. The first kappa shape index (κ1) is 19.4. The predicted octanol–water partition coefficient (Wildman–Crippen LogP) is 2.78. The smallest absolute Gasteiger partial charge is 0.220 e. The number of hydrogen-bond acceptors (Lipinski definition) is 5. The van der Waals surface area contributed by atoms with Crippen LogP contribution in [0.15, 0.2) is 48.5 Å². The van der Waals surface area contributed by atoms with E-state index < -0.39 is 0 Å². The van der Waals surface area contributed by atoms with Gasteiger partial charge in [0.25, 0.3) is 0 Å². The van der Waals surface area contributed by atoms with Crippen LogP contribution in [0.1, 0.15) is 17.8 Å². The highest BCUT2D eigenvalue weighted by atomic mass is 16.5. The van der Waals surface area contributed by atoms with Crippen molar-refractivity contribution in [3.63, 3.8) is 0 Å². The van der Waals surface area contributed by atoms with E-state index in [1.807, 2.05) is 48.5 Å². The third kappa shape index (κ3) is 5.33. The van der Waals surface area contributed by atoms with Crippen LogP contribution in [0.2, 0.25) is 0 Å². The molecule has 3 rings (SSSR count). The van der Waals surface area contributed by atoms with Gasteiger partial charge in [0.15, 0.2) is 5.82 Å². The Labute approximate surface area is 164 Å². The third-order valence-corrected chi connectivity index (χ3v) is 4.36. The minimum atomic E-state index is 0.0192. The Morgan fingerprint density at radius 3 is 2.25 bits per heavy atom. The van der Waals surface area contributed by atoms with Crippen LogP contribution in [0, 0.1) is 0 Å². The highest BCUT2D eigenvalue weighted by molar-refractivity contribution is 5.76. The van der Waals surface area contributed by atoms with E-state index in [0.29, 0.717) is 31.6 Å². The molecule has 0 saturated heterocycles. The standard InChI is InChI=1S/C21H24N4O3/c1-27-17-8-3-15(4-9-17)5-12-20(26)22-14-13-19-23-21(25-24-19)16-6-10-18(28-2)11-7-16/h3-4,6-11H,5,12-14H2,1-2H3,(H,22,26)(H,23,24,25). The molecule has 0 aliphatic rings. The summed E-state index contributed by atoms with van der Waals surface area (Å²) in [6.07, 6.45) is 1.73. The molecule has 1 heterocycles. The number of aromatic amines is 1. The van der Waals surface area contributed by atoms with E-state index in [9.17, 15) is 4.79 Å². The van der Waals surface area contributed by atoms with Gasteiger partial charge in [-0.3, -0.25) is 9.89 Å². The third-order valence-electron chi connectivity index (χ3n) is 4.36. The molecule has 1 aromatic heterocycles. The number of carbonyl (C=O) groups is 1. The number of nitrogens with zero attached hydrogens (tertiary/aromatic N) is 2. The van der Waals surface area contributed by atoms with E-state index in [1.165, 1.54) is 0 Å².